The van der Waals surface area contributed by atoms with Crippen molar-refractivity contribution in [2.75, 3.05) is 23.6 Å². The van der Waals surface area contributed by atoms with Crippen molar-refractivity contribution in [2.45, 2.75) is 26.9 Å². The van der Waals surface area contributed by atoms with Crippen LogP contribution in [0.3, 0.4) is 0 Å². The smallest absolute Gasteiger partial charge is 0.198 e. The molecule has 0 aliphatic carbocycles. The van der Waals surface area contributed by atoms with E-state index in [1.807, 2.05) is 78.4 Å². The Kier molecular flexibility index (Phi) is 6.56. The van der Waals surface area contributed by atoms with Gasteiger partial charge in [0.25, 0.3) is 0 Å². The highest BCUT2D eigenvalue weighted by Crippen LogP contribution is 2.43. The van der Waals surface area contributed by atoms with Gasteiger partial charge in [0.05, 0.1) is 24.4 Å². The third-order valence-electron chi connectivity index (χ3n) is 5.43. The van der Waals surface area contributed by atoms with Crippen molar-refractivity contribution in [2.24, 2.45) is 5.10 Å². The number of anilines is 2. The van der Waals surface area contributed by atoms with Crippen molar-refractivity contribution in [1.29, 1.82) is 0 Å². The molecule has 6 nitrogen and oxygen atoms in total. The number of rotatable bonds is 7. The van der Waals surface area contributed by atoms with E-state index in [4.69, 9.17) is 26.2 Å². The van der Waals surface area contributed by atoms with Crippen LogP contribution in [0.15, 0.2) is 71.8 Å². The van der Waals surface area contributed by atoms with E-state index < -0.39 is 6.17 Å². The zero-order chi connectivity index (χ0) is 23.5. The molecule has 1 aliphatic heterocycles. The number of halogens is 1. The zero-order valence-corrected chi connectivity index (χ0v) is 19.8. The highest BCUT2D eigenvalue weighted by molar-refractivity contribution is 6.44. The summed E-state index contributed by atoms with van der Waals surface area (Å²) in [4.78, 5) is 14.7. The van der Waals surface area contributed by atoms with E-state index in [-0.39, 0.29) is 5.78 Å². The minimum atomic E-state index is -0.459. The fourth-order valence-electron chi connectivity index (χ4n) is 3.89. The van der Waals surface area contributed by atoms with Gasteiger partial charge >= 0.3 is 0 Å². The lowest BCUT2D eigenvalue weighted by atomic mass is 10.1. The SMILES string of the molecule is CCOc1ccccc1C1N(c2ccc(C)cc2)N=C(C(C)=O)N1c1ccc(OC)c(Cl)c1. The van der Waals surface area contributed by atoms with Crippen molar-refractivity contribution >= 4 is 34.6 Å². The molecule has 0 saturated heterocycles. The normalized spacial score (nSPS) is 15.4. The number of methoxy groups -OCH3 is 1. The first-order valence-electron chi connectivity index (χ1n) is 10.7. The number of carbonyl (C=O) groups is 1. The van der Waals surface area contributed by atoms with Crippen molar-refractivity contribution in [1.82, 2.24) is 0 Å². The summed E-state index contributed by atoms with van der Waals surface area (Å²) < 4.78 is 11.3. The average Bonchev–Trinajstić information content (AvgIpc) is 3.21. The van der Waals surface area contributed by atoms with E-state index in [0.29, 0.717) is 23.2 Å². The van der Waals surface area contributed by atoms with E-state index >= 15 is 0 Å². The highest BCUT2D eigenvalue weighted by Gasteiger charge is 2.40. The summed E-state index contributed by atoms with van der Waals surface area (Å²) in [5.41, 5.74) is 3.60. The second-order valence-corrected chi connectivity index (χ2v) is 8.10. The third kappa shape index (κ3) is 4.39. The van der Waals surface area contributed by atoms with Gasteiger partial charge in [0.1, 0.15) is 11.5 Å². The molecule has 0 N–H and O–H groups in total. The Balaban J connectivity index is 1.93. The van der Waals surface area contributed by atoms with Crippen LogP contribution < -0.4 is 19.4 Å². The van der Waals surface area contributed by atoms with Gasteiger partial charge in [0, 0.05) is 18.2 Å². The van der Waals surface area contributed by atoms with E-state index in [1.165, 1.54) is 6.92 Å². The molecule has 1 unspecified atom stereocenters. The number of carbonyl (C=O) groups excluding carboxylic acids is 1. The van der Waals surface area contributed by atoms with Crippen LogP contribution in [0, 0.1) is 6.92 Å². The van der Waals surface area contributed by atoms with E-state index in [0.717, 1.165) is 28.3 Å². The summed E-state index contributed by atoms with van der Waals surface area (Å²) in [5.74, 6) is 1.44. The van der Waals surface area contributed by atoms with Gasteiger partial charge in [-0.15, -0.1) is 5.10 Å². The molecule has 7 heteroatoms. The number of hydrazone groups is 1. The molecule has 0 aromatic heterocycles. The summed E-state index contributed by atoms with van der Waals surface area (Å²) in [7, 11) is 1.57. The zero-order valence-electron chi connectivity index (χ0n) is 19.1. The summed E-state index contributed by atoms with van der Waals surface area (Å²) in [6.07, 6.45) is -0.459. The summed E-state index contributed by atoms with van der Waals surface area (Å²) >= 11 is 6.47. The van der Waals surface area contributed by atoms with Crippen LogP contribution in [0.25, 0.3) is 0 Å². The molecule has 1 aliphatic rings. The van der Waals surface area contributed by atoms with Gasteiger partial charge in [-0.1, -0.05) is 47.5 Å². The van der Waals surface area contributed by atoms with Gasteiger partial charge in [-0.2, -0.15) is 0 Å². The first-order valence-corrected chi connectivity index (χ1v) is 11.1. The number of amidine groups is 1. The molecule has 0 bridgehead atoms. The topological polar surface area (TPSA) is 54.4 Å². The van der Waals surface area contributed by atoms with Crippen LogP contribution >= 0.6 is 11.6 Å². The second kappa shape index (κ2) is 9.55. The van der Waals surface area contributed by atoms with Crippen molar-refractivity contribution in [3.05, 3.63) is 82.9 Å². The minimum absolute atomic E-state index is 0.157. The fourth-order valence-corrected chi connectivity index (χ4v) is 4.14. The Morgan fingerprint density at radius 2 is 1.73 bits per heavy atom. The molecule has 0 spiro atoms. The number of para-hydroxylation sites is 1. The molecule has 4 rings (SSSR count). The maximum Gasteiger partial charge on any atom is 0.198 e. The second-order valence-electron chi connectivity index (χ2n) is 7.69. The predicted molar refractivity (Wildman–Crippen MR) is 133 cm³/mol. The van der Waals surface area contributed by atoms with Crippen LogP contribution in [0.4, 0.5) is 11.4 Å². The number of benzene rings is 3. The predicted octanol–water partition coefficient (Wildman–Crippen LogP) is 5.98. The molecule has 0 radical (unpaired) electrons. The molecule has 0 amide bonds. The quantitative estimate of drug-likeness (QED) is 0.431. The lowest BCUT2D eigenvalue weighted by Crippen LogP contribution is -2.38. The molecular weight excluding hydrogens is 438 g/mol. The van der Waals surface area contributed by atoms with E-state index in [9.17, 15) is 4.79 Å². The Labute approximate surface area is 199 Å². The van der Waals surface area contributed by atoms with Gasteiger partial charge in [-0.3, -0.25) is 9.69 Å². The van der Waals surface area contributed by atoms with Gasteiger partial charge in [0.15, 0.2) is 17.8 Å². The van der Waals surface area contributed by atoms with Gasteiger partial charge in [-0.25, -0.2) is 5.01 Å². The van der Waals surface area contributed by atoms with Crippen molar-refractivity contribution in [3.8, 4) is 11.5 Å². The molecule has 3 aromatic rings. The Bertz CT molecular complexity index is 1190. The summed E-state index contributed by atoms with van der Waals surface area (Å²) in [5, 5.41) is 7.07. The molecule has 0 fully saturated rings. The number of hydrogen-bond acceptors (Lipinski definition) is 6. The molecular formula is C26H26ClN3O3. The van der Waals surface area contributed by atoms with Crippen LogP contribution in [0.5, 0.6) is 11.5 Å². The lowest BCUT2D eigenvalue weighted by molar-refractivity contribution is -0.111. The molecule has 1 heterocycles. The Morgan fingerprint density at radius 3 is 2.36 bits per heavy atom. The van der Waals surface area contributed by atoms with Crippen molar-refractivity contribution in [3.63, 3.8) is 0 Å². The highest BCUT2D eigenvalue weighted by atomic mass is 35.5. The van der Waals surface area contributed by atoms with Gasteiger partial charge in [-0.05, 0) is 50.2 Å². The maximum absolute atomic E-state index is 12.8. The lowest BCUT2D eigenvalue weighted by Gasteiger charge is -2.33. The Morgan fingerprint density at radius 1 is 1.03 bits per heavy atom. The molecule has 3 aromatic carbocycles. The largest absolute Gasteiger partial charge is 0.495 e. The first-order chi connectivity index (χ1) is 15.9. The average molecular weight is 464 g/mol. The van der Waals surface area contributed by atoms with E-state index in [1.54, 1.807) is 19.2 Å². The molecule has 0 saturated carbocycles. The fraction of sp³-hybridized carbons (Fsp3) is 0.231. The van der Waals surface area contributed by atoms with Gasteiger partial charge < -0.3 is 9.47 Å². The molecule has 1 atom stereocenters. The summed E-state index contributed by atoms with van der Waals surface area (Å²) in [6.45, 7) is 6.01. The van der Waals surface area contributed by atoms with Gasteiger partial charge in [0.2, 0.25) is 0 Å². The number of ether oxygens (including phenoxy) is 2. The maximum atomic E-state index is 12.8. The standard InChI is InChI=1S/C26H26ClN3O3/c1-5-33-23-9-7-6-8-21(23)26-29(20-14-15-24(32-4)22(27)16-20)25(18(3)31)28-30(26)19-12-10-17(2)11-13-19/h6-16,26H,5H2,1-4H3. The van der Waals surface area contributed by atoms with Crippen molar-refractivity contribution < 1.29 is 14.3 Å². The first kappa shape index (κ1) is 22.7. The third-order valence-corrected chi connectivity index (χ3v) is 5.73. The Hall–Kier alpha value is -3.51. The van der Waals surface area contributed by atoms with Crippen LogP contribution in [0.2, 0.25) is 5.02 Å². The van der Waals surface area contributed by atoms with E-state index in [2.05, 4.69) is 0 Å². The number of ketones is 1. The van der Waals surface area contributed by atoms with Crippen LogP contribution in [-0.2, 0) is 4.79 Å². The van der Waals surface area contributed by atoms with Crippen LogP contribution in [0.1, 0.15) is 31.1 Å². The number of hydrogen-bond donors (Lipinski definition) is 0. The monoisotopic (exact) mass is 463 g/mol. The number of Topliss-reactive ketones (excluding diaryl/α,β-unsaturated/α-hetero) is 1. The molecule has 170 valence electrons. The number of nitrogens with zero attached hydrogens (tertiary/aromatic N) is 3. The summed E-state index contributed by atoms with van der Waals surface area (Å²) in [6, 6.07) is 21.3. The van der Waals surface area contributed by atoms with Crippen LogP contribution in [-0.4, -0.2) is 25.3 Å². The number of aryl methyl sites for hydroxylation is 1. The molecule has 33 heavy (non-hydrogen) atoms. The minimum Gasteiger partial charge on any atom is -0.495 e.